The minimum Gasteiger partial charge on any atom is -0.330 e. The van der Waals surface area contributed by atoms with Crippen LogP contribution in [0.5, 0.6) is 0 Å². The molecule has 0 aliphatic heterocycles. The van der Waals surface area contributed by atoms with Crippen LogP contribution in [0.15, 0.2) is 46.7 Å². The number of nitrogens with zero attached hydrogens (tertiary/aromatic N) is 1. The van der Waals surface area contributed by atoms with E-state index in [4.69, 9.17) is 0 Å². The lowest BCUT2D eigenvalue weighted by Gasteiger charge is -2.22. The number of nitrogens with one attached hydrogen (secondary N) is 2. The lowest BCUT2D eigenvalue weighted by atomic mass is 10.0. The van der Waals surface area contributed by atoms with Gasteiger partial charge < -0.3 is 10.6 Å². The Morgan fingerprint density at radius 1 is 1.07 bits per heavy atom. The number of hydrogen-bond donors (Lipinski definition) is 2. The number of benzene rings is 1. The molecule has 1 heterocycles. The van der Waals surface area contributed by atoms with Gasteiger partial charge in [-0.1, -0.05) is 19.9 Å². The molecule has 0 saturated heterocycles. The molecule has 0 aliphatic rings. The van der Waals surface area contributed by atoms with Crippen molar-refractivity contribution in [3.63, 3.8) is 0 Å². The normalized spacial score (nSPS) is 13.2. The molecule has 27 heavy (non-hydrogen) atoms. The van der Waals surface area contributed by atoms with E-state index < -0.39 is 10.0 Å². The molecule has 0 radical (unpaired) electrons. The van der Waals surface area contributed by atoms with Gasteiger partial charge in [-0.3, -0.25) is 0 Å². The van der Waals surface area contributed by atoms with Crippen LogP contribution >= 0.6 is 11.3 Å². The molecule has 2 amide bonds. The highest BCUT2D eigenvalue weighted by Gasteiger charge is 2.23. The second-order valence-corrected chi connectivity index (χ2v) is 9.95. The van der Waals surface area contributed by atoms with Crippen LogP contribution in [0.25, 0.3) is 0 Å². The maximum absolute atomic E-state index is 12.5. The van der Waals surface area contributed by atoms with E-state index in [0.717, 1.165) is 4.88 Å². The standard InChI is InChI=1S/C19H27N3O3S2/c1-13(2)18(17-7-6-12-26-17)21-19(23)20-15-8-10-16(11-9-15)27(24,25)22(5)14(3)4/h6-14,18H,1-5H3,(H2,20,21,23). The Hall–Kier alpha value is -1.90. The number of carbonyl (C=O) groups is 1. The Kier molecular flexibility index (Phi) is 7.02. The predicted molar refractivity (Wildman–Crippen MR) is 111 cm³/mol. The third-order valence-electron chi connectivity index (χ3n) is 4.32. The summed E-state index contributed by atoms with van der Waals surface area (Å²) in [6.45, 7) is 7.73. The zero-order valence-electron chi connectivity index (χ0n) is 16.3. The van der Waals surface area contributed by atoms with Crippen LogP contribution in [-0.4, -0.2) is 31.8 Å². The highest BCUT2D eigenvalue weighted by Crippen LogP contribution is 2.26. The first-order valence-corrected chi connectivity index (χ1v) is 11.1. The first-order valence-electron chi connectivity index (χ1n) is 8.82. The number of rotatable bonds is 7. The van der Waals surface area contributed by atoms with Gasteiger partial charge in [0.15, 0.2) is 0 Å². The van der Waals surface area contributed by atoms with Crippen LogP contribution in [0.4, 0.5) is 10.5 Å². The highest BCUT2D eigenvalue weighted by molar-refractivity contribution is 7.89. The maximum atomic E-state index is 12.5. The lowest BCUT2D eigenvalue weighted by Crippen LogP contribution is -2.34. The Labute approximate surface area is 165 Å². The predicted octanol–water partition coefficient (Wildman–Crippen LogP) is 4.30. The molecule has 2 aromatic rings. The summed E-state index contributed by atoms with van der Waals surface area (Å²) in [6.07, 6.45) is 0. The van der Waals surface area contributed by atoms with E-state index in [0.29, 0.717) is 5.69 Å². The summed E-state index contributed by atoms with van der Waals surface area (Å²) in [4.78, 5) is 13.7. The summed E-state index contributed by atoms with van der Waals surface area (Å²) >= 11 is 1.60. The van der Waals surface area contributed by atoms with E-state index in [1.54, 1.807) is 30.5 Å². The van der Waals surface area contributed by atoms with Crippen LogP contribution in [0.2, 0.25) is 0 Å². The third-order valence-corrected chi connectivity index (χ3v) is 7.32. The highest BCUT2D eigenvalue weighted by atomic mass is 32.2. The molecule has 0 bridgehead atoms. The van der Waals surface area contributed by atoms with Gasteiger partial charge in [0, 0.05) is 23.7 Å². The Balaban J connectivity index is 2.07. The molecule has 148 valence electrons. The SMILES string of the molecule is CC(C)C(NC(=O)Nc1ccc(S(=O)(=O)N(C)C(C)C)cc1)c1cccs1. The van der Waals surface area contributed by atoms with E-state index >= 15 is 0 Å². The number of thiophene rings is 1. The topological polar surface area (TPSA) is 78.5 Å². The van der Waals surface area contributed by atoms with Gasteiger partial charge in [-0.25, -0.2) is 13.2 Å². The molecular formula is C19H27N3O3S2. The summed E-state index contributed by atoms with van der Waals surface area (Å²) < 4.78 is 26.3. The second-order valence-electron chi connectivity index (χ2n) is 6.97. The van der Waals surface area contributed by atoms with Crippen molar-refractivity contribution in [2.75, 3.05) is 12.4 Å². The fourth-order valence-corrected chi connectivity index (χ4v) is 4.81. The molecule has 1 unspecified atom stereocenters. The van der Waals surface area contributed by atoms with Crippen molar-refractivity contribution >= 4 is 33.1 Å². The number of hydrogen-bond acceptors (Lipinski definition) is 4. The van der Waals surface area contributed by atoms with Gasteiger partial charge in [-0.2, -0.15) is 4.31 Å². The molecule has 0 saturated carbocycles. The molecule has 2 N–H and O–H groups in total. The van der Waals surface area contributed by atoms with Crippen LogP contribution in [0, 0.1) is 5.92 Å². The van der Waals surface area contributed by atoms with E-state index in [9.17, 15) is 13.2 Å². The summed E-state index contributed by atoms with van der Waals surface area (Å²) in [7, 11) is -1.99. The van der Waals surface area contributed by atoms with Gasteiger partial charge in [0.25, 0.3) is 0 Å². The first kappa shape index (κ1) is 21.4. The van der Waals surface area contributed by atoms with E-state index in [1.165, 1.54) is 16.4 Å². The van der Waals surface area contributed by atoms with Crippen molar-refractivity contribution in [2.45, 2.75) is 44.7 Å². The van der Waals surface area contributed by atoms with E-state index in [-0.39, 0.29) is 28.9 Å². The van der Waals surface area contributed by atoms with Crippen LogP contribution < -0.4 is 10.6 Å². The molecule has 0 fully saturated rings. The summed E-state index contributed by atoms with van der Waals surface area (Å²) in [5.41, 5.74) is 0.535. The number of sulfonamides is 1. The molecule has 8 heteroatoms. The van der Waals surface area contributed by atoms with E-state index in [2.05, 4.69) is 24.5 Å². The van der Waals surface area contributed by atoms with Gasteiger partial charge in [0.1, 0.15) is 0 Å². The van der Waals surface area contributed by atoms with Crippen LogP contribution in [-0.2, 0) is 10.0 Å². The Bertz CT molecular complexity index is 845. The lowest BCUT2D eigenvalue weighted by molar-refractivity contribution is 0.245. The number of amides is 2. The van der Waals surface area contributed by atoms with Gasteiger partial charge in [0.2, 0.25) is 10.0 Å². The quantitative estimate of drug-likeness (QED) is 0.716. The minimum atomic E-state index is -3.54. The van der Waals surface area contributed by atoms with Crippen LogP contribution in [0.3, 0.4) is 0 Å². The van der Waals surface area contributed by atoms with Crippen molar-refractivity contribution < 1.29 is 13.2 Å². The number of carbonyl (C=O) groups excluding carboxylic acids is 1. The van der Waals surface area contributed by atoms with Gasteiger partial charge in [0.05, 0.1) is 10.9 Å². The van der Waals surface area contributed by atoms with Crippen molar-refractivity contribution in [3.8, 4) is 0 Å². The summed E-state index contributed by atoms with van der Waals surface area (Å²) in [5.74, 6) is 0.244. The smallest absolute Gasteiger partial charge is 0.319 e. The average molecular weight is 410 g/mol. The molecule has 1 aromatic carbocycles. The van der Waals surface area contributed by atoms with Crippen molar-refractivity contribution in [1.29, 1.82) is 0 Å². The second kappa shape index (κ2) is 8.86. The number of urea groups is 1. The maximum Gasteiger partial charge on any atom is 0.319 e. The van der Waals surface area contributed by atoms with Gasteiger partial charge in [-0.15, -0.1) is 11.3 Å². The Morgan fingerprint density at radius 2 is 1.70 bits per heavy atom. The summed E-state index contributed by atoms with van der Waals surface area (Å²) in [5, 5.41) is 7.73. The minimum absolute atomic E-state index is 0.0793. The van der Waals surface area contributed by atoms with E-state index in [1.807, 2.05) is 31.4 Å². The first-order chi connectivity index (χ1) is 12.6. The zero-order valence-corrected chi connectivity index (χ0v) is 17.9. The molecular weight excluding hydrogens is 382 g/mol. The van der Waals surface area contributed by atoms with Crippen molar-refractivity contribution in [3.05, 3.63) is 46.7 Å². The fraction of sp³-hybridized carbons (Fsp3) is 0.421. The average Bonchev–Trinajstić information content (AvgIpc) is 3.13. The third kappa shape index (κ3) is 5.31. The summed E-state index contributed by atoms with van der Waals surface area (Å²) in [6, 6.07) is 9.62. The largest absolute Gasteiger partial charge is 0.330 e. The van der Waals surface area contributed by atoms with Crippen molar-refractivity contribution in [2.24, 2.45) is 5.92 Å². The molecule has 0 spiro atoms. The fourth-order valence-electron chi connectivity index (χ4n) is 2.50. The molecule has 0 aliphatic carbocycles. The molecule has 6 nitrogen and oxygen atoms in total. The van der Waals surface area contributed by atoms with Crippen LogP contribution in [0.1, 0.15) is 38.6 Å². The number of anilines is 1. The zero-order chi connectivity index (χ0) is 20.2. The monoisotopic (exact) mass is 409 g/mol. The van der Waals surface area contributed by atoms with Crippen molar-refractivity contribution in [1.82, 2.24) is 9.62 Å². The molecule has 2 rings (SSSR count). The Morgan fingerprint density at radius 3 is 2.19 bits per heavy atom. The molecule has 1 aromatic heterocycles. The van der Waals surface area contributed by atoms with Gasteiger partial charge >= 0.3 is 6.03 Å². The van der Waals surface area contributed by atoms with Gasteiger partial charge in [-0.05, 0) is 55.5 Å². The molecule has 1 atom stereocenters.